The number of nitro groups is 1. The summed E-state index contributed by atoms with van der Waals surface area (Å²) in [6.45, 7) is 0. The van der Waals surface area contributed by atoms with Crippen molar-refractivity contribution in [3.05, 3.63) is 81.0 Å². The summed E-state index contributed by atoms with van der Waals surface area (Å²) in [6, 6.07) is 12.2. The monoisotopic (exact) mass is 352 g/mol. The highest BCUT2D eigenvalue weighted by Crippen LogP contribution is 2.23. The largest absolute Gasteiger partial charge is 0.465 e. The van der Waals surface area contributed by atoms with Crippen LogP contribution in [-0.2, 0) is 14.3 Å². The van der Waals surface area contributed by atoms with E-state index in [1.807, 2.05) is 0 Å². The fourth-order valence-corrected chi connectivity index (χ4v) is 2.35. The number of cyclic esters (lactones) is 1. The van der Waals surface area contributed by atoms with Crippen molar-refractivity contribution >= 4 is 29.6 Å². The number of hydrogen-bond donors (Lipinski definition) is 0. The van der Waals surface area contributed by atoms with Crippen LogP contribution in [0.3, 0.4) is 0 Å². The number of benzene rings is 2. The lowest BCUT2D eigenvalue weighted by Crippen LogP contribution is -2.06. The number of ether oxygens (including phenoxy) is 2. The summed E-state index contributed by atoms with van der Waals surface area (Å²) in [5.41, 5.74) is 0.847. The van der Waals surface area contributed by atoms with Gasteiger partial charge in [-0.25, -0.2) is 14.6 Å². The normalized spacial score (nSPS) is 14.7. The van der Waals surface area contributed by atoms with E-state index in [0.29, 0.717) is 11.1 Å². The summed E-state index contributed by atoms with van der Waals surface area (Å²) in [6.07, 6.45) is 1.40. The molecule has 2 aromatic rings. The minimum atomic E-state index is -0.717. The average molecular weight is 352 g/mol. The van der Waals surface area contributed by atoms with E-state index in [4.69, 9.17) is 9.47 Å². The molecule has 0 radical (unpaired) electrons. The molecule has 0 bridgehead atoms. The number of hydrogen-bond acceptors (Lipinski definition) is 7. The Bertz CT molecular complexity index is 977. The van der Waals surface area contributed by atoms with Gasteiger partial charge in [-0.2, -0.15) is 0 Å². The molecule has 1 aliphatic heterocycles. The fourth-order valence-electron chi connectivity index (χ4n) is 2.35. The number of nitro benzene ring substituents is 1. The van der Waals surface area contributed by atoms with Gasteiger partial charge >= 0.3 is 11.9 Å². The zero-order valence-corrected chi connectivity index (χ0v) is 13.5. The Labute approximate surface area is 147 Å². The first kappa shape index (κ1) is 17.0. The molecule has 0 amide bonds. The molecule has 8 nitrogen and oxygen atoms in total. The Morgan fingerprint density at radius 3 is 2.73 bits per heavy atom. The summed E-state index contributed by atoms with van der Waals surface area (Å²) in [5, 5.41) is 10.9. The standard InChI is InChI=1S/C18H12N2O6/c1-25-17(21)14-8-3-2-5-11(14)10-15-18(22)26-16(19-15)12-6-4-7-13(9-12)20(23)24/h2-10H,1H3/b15-10-. The molecule has 26 heavy (non-hydrogen) atoms. The second-order valence-corrected chi connectivity index (χ2v) is 5.22. The number of aliphatic imine (C=N–C) groups is 1. The van der Waals surface area contributed by atoms with Crippen molar-refractivity contribution in [3.8, 4) is 0 Å². The number of methoxy groups -OCH3 is 1. The first-order chi connectivity index (χ1) is 12.5. The number of esters is 2. The second kappa shape index (κ2) is 6.98. The van der Waals surface area contributed by atoms with Gasteiger partial charge in [-0.15, -0.1) is 0 Å². The second-order valence-electron chi connectivity index (χ2n) is 5.22. The number of carbonyl (C=O) groups excluding carboxylic acids is 2. The van der Waals surface area contributed by atoms with E-state index in [1.165, 1.54) is 31.4 Å². The zero-order valence-electron chi connectivity index (χ0n) is 13.5. The molecule has 0 fully saturated rings. The molecule has 0 aliphatic carbocycles. The highest BCUT2D eigenvalue weighted by Gasteiger charge is 2.25. The molecule has 1 heterocycles. The van der Waals surface area contributed by atoms with Crippen molar-refractivity contribution in [1.82, 2.24) is 0 Å². The van der Waals surface area contributed by atoms with E-state index in [9.17, 15) is 19.7 Å². The van der Waals surface area contributed by atoms with E-state index >= 15 is 0 Å². The fraction of sp³-hybridized carbons (Fsp3) is 0.0556. The van der Waals surface area contributed by atoms with E-state index in [0.717, 1.165) is 0 Å². The first-order valence-corrected chi connectivity index (χ1v) is 7.44. The maximum Gasteiger partial charge on any atom is 0.363 e. The highest BCUT2D eigenvalue weighted by atomic mass is 16.6. The van der Waals surface area contributed by atoms with Gasteiger partial charge in [0.15, 0.2) is 5.70 Å². The molecule has 0 spiro atoms. The van der Waals surface area contributed by atoms with Crippen LogP contribution in [-0.4, -0.2) is 29.9 Å². The van der Waals surface area contributed by atoms with Crippen LogP contribution < -0.4 is 0 Å². The third kappa shape index (κ3) is 3.34. The summed E-state index contributed by atoms with van der Waals surface area (Å²) in [7, 11) is 1.26. The van der Waals surface area contributed by atoms with E-state index in [1.54, 1.807) is 30.3 Å². The van der Waals surface area contributed by atoms with Crippen LogP contribution in [0, 0.1) is 10.1 Å². The Morgan fingerprint density at radius 1 is 1.23 bits per heavy atom. The summed E-state index contributed by atoms with van der Waals surface area (Å²) >= 11 is 0. The summed E-state index contributed by atoms with van der Waals surface area (Å²) in [5.74, 6) is -1.31. The van der Waals surface area contributed by atoms with Gasteiger partial charge in [0.25, 0.3) is 5.69 Å². The molecule has 0 aromatic heterocycles. The smallest absolute Gasteiger partial charge is 0.363 e. The number of nitrogens with zero attached hydrogens (tertiary/aromatic N) is 2. The molecule has 0 atom stereocenters. The van der Waals surface area contributed by atoms with Crippen molar-refractivity contribution in [1.29, 1.82) is 0 Å². The molecule has 130 valence electrons. The molecular formula is C18H12N2O6. The predicted molar refractivity (Wildman–Crippen MR) is 91.5 cm³/mol. The molecule has 3 rings (SSSR count). The van der Waals surface area contributed by atoms with E-state index in [2.05, 4.69) is 4.99 Å². The highest BCUT2D eigenvalue weighted by molar-refractivity contribution is 6.13. The van der Waals surface area contributed by atoms with Crippen LogP contribution in [0.4, 0.5) is 5.69 Å². The zero-order chi connectivity index (χ0) is 18.7. The van der Waals surface area contributed by atoms with Crippen molar-refractivity contribution in [2.75, 3.05) is 7.11 Å². The van der Waals surface area contributed by atoms with Gasteiger partial charge in [-0.3, -0.25) is 10.1 Å². The summed E-state index contributed by atoms with van der Waals surface area (Å²) in [4.78, 5) is 38.3. The Balaban J connectivity index is 1.99. The van der Waals surface area contributed by atoms with Crippen LogP contribution in [0.5, 0.6) is 0 Å². The van der Waals surface area contributed by atoms with Crippen LogP contribution in [0.25, 0.3) is 6.08 Å². The Kier molecular flexibility index (Phi) is 4.57. The lowest BCUT2D eigenvalue weighted by Gasteiger charge is -2.03. The average Bonchev–Trinajstić information content (AvgIpc) is 3.02. The first-order valence-electron chi connectivity index (χ1n) is 7.44. The molecule has 0 saturated carbocycles. The third-order valence-corrected chi connectivity index (χ3v) is 3.58. The Hall–Kier alpha value is -3.81. The van der Waals surface area contributed by atoms with E-state index < -0.39 is 16.9 Å². The van der Waals surface area contributed by atoms with Gasteiger partial charge in [0.05, 0.1) is 17.6 Å². The van der Waals surface area contributed by atoms with Crippen molar-refractivity contribution < 1.29 is 24.0 Å². The minimum absolute atomic E-state index is 0.0251. The van der Waals surface area contributed by atoms with Crippen molar-refractivity contribution in [3.63, 3.8) is 0 Å². The topological polar surface area (TPSA) is 108 Å². The summed E-state index contributed by atoms with van der Waals surface area (Å²) < 4.78 is 9.81. The molecule has 2 aromatic carbocycles. The van der Waals surface area contributed by atoms with Gasteiger partial charge in [-0.05, 0) is 23.8 Å². The van der Waals surface area contributed by atoms with Crippen molar-refractivity contribution in [2.45, 2.75) is 0 Å². The lowest BCUT2D eigenvalue weighted by molar-refractivity contribution is -0.384. The molecule has 1 aliphatic rings. The maximum absolute atomic E-state index is 12.1. The maximum atomic E-state index is 12.1. The van der Waals surface area contributed by atoms with Gasteiger partial charge in [0.2, 0.25) is 5.90 Å². The molecule has 8 heteroatoms. The van der Waals surface area contributed by atoms with Crippen LogP contribution in [0.2, 0.25) is 0 Å². The quantitative estimate of drug-likeness (QED) is 0.362. The molecule has 0 saturated heterocycles. The number of non-ortho nitro benzene ring substituents is 1. The van der Waals surface area contributed by atoms with Gasteiger partial charge in [-0.1, -0.05) is 24.3 Å². The van der Waals surface area contributed by atoms with Crippen LogP contribution in [0.15, 0.2) is 59.2 Å². The number of rotatable bonds is 4. The van der Waals surface area contributed by atoms with Crippen molar-refractivity contribution in [2.24, 2.45) is 4.99 Å². The SMILES string of the molecule is COC(=O)c1ccccc1/C=C1\N=C(c2cccc([N+](=O)[O-])c2)OC1=O. The molecule has 0 unspecified atom stereocenters. The molecular weight excluding hydrogens is 340 g/mol. The van der Waals surface area contributed by atoms with E-state index in [-0.39, 0.29) is 22.8 Å². The third-order valence-electron chi connectivity index (χ3n) is 3.58. The molecule has 0 N–H and O–H groups in total. The number of carbonyl (C=O) groups is 2. The van der Waals surface area contributed by atoms with Crippen LogP contribution >= 0.6 is 0 Å². The van der Waals surface area contributed by atoms with Gasteiger partial charge in [0, 0.05) is 17.7 Å². The van der Waals surface area contributed by atoms with Crippen LogP contribution in [0.1, 0.15) is 21.5 Å². The van der Waals surface area contributed by atoms with Gasteiger partial charge < -0.3 is 9.47 Å². The Morgan fingerprint density at radius 2 is 2.00 bits per heavy atom. The van der Waals surface area contributed by atoms with Gasteiger partial charge in [0.1, 0.15) is 0 Å². The predicted octanol–water partition coefficient (Wildman–Crippen LogP) is 2.73. The minimum Gasteiger partial charge on any atom is -0.465 e. The lowest BCUT2D eigenvalue weighted by atomic mass is 10.1.